The molecule has 1 saturated carbocycles. The number of ether oxygens (including phenoxy) is 2. The molecule has 6 nitrogen and oxygen atoms in total. The molecule has 1 amide bonds. The zero-order chi connectivity index (χ0) is 28.1. The van der Waals surface area contributed by atoms with Crippen molar-refractivity contribution in [3.63, 3.8) is 0 Å². The summed E-state index contributed by atoms with van der Waals surface area (Å²) in [5, 5.41) is 0.725. The molecule has 0 aromatic heterocycles. The van der Waals surface area contributed by atoms with E-state index >= 15 is 0 Å². The van der Waals surface area contributed by atoms with Crippen LogP contribution in [0.2, 0.25) is 10.0 Å². The quantitative estimate of drug-likeness (QED) is 0.163. The second-order valence-electron chi connectivity index (χ2n) is 11.4. The number of carbonyl (C=O) groups is 1. The molecule has 0 radical (unpaired) electrons. The summed E-state index contributed by atoms with van der Waals surface area (Å²) in [5.41, 5.74) is 0.755. The molecule has 208 valence electrons. The van der Waals surface area contributed by atoms with Gasteiger partial charge in [-0.3, -0.25) is 0 Å². The van der Waals surface area contributed by atoms with Gasteiger partial charge in [-0.25, -0.2) is 4.79 Å². The average molecular weight is 574 g/mol. The lowest BCUT2D eigenvalue weighted by Crippen LogP contribution is -2.40. The highest BCUT2D eigenvalue weighted by atomic mass is 35.5. The fourth-order valence-corrected chi connectivity index (χ4v) is 5.60. The van der Waals surface area contributed by atoms with E-state index in [2.05, 4.69) is 13.5 Å². The predicted molar refractivity (Wildman–Crippen MR) is 155 cm³/mol. The molecular formula is C28H42Cl2N2O4S. The van der Waals surface area contributed by atoms with Crippen LogP contribution in [0.15, 0.2) is 29.2 Å². The Morgan fingerprint density at radius 3 is 2.43 bits per heavy atom. The Bertz CT molecular complexity index is 993. The number of hydrogen-bond acceptors (Lipinski definition) is 5. The first-order valence-electron chi connectivity index (χ1n) is 12.8. The van der Waals surface area contributed by atoms with Gasteiger partial charge in [0.25, 0.3) is 0 Å². The molecule has 9 heteroatoms. The van der Waals surface area contributed by atoms with E-state index in [-0.39, 0.29) is 30.5 Å². The fraction of sp³-hybridized carbons (Fsp3) is 0.643. The maximum atomic E-state index is 13.5. The van der Waals surface area contributed by atoms with Crippen molar-refractivity contribution in [2.45, 2.75) is 78.1 Å². The van der Waals surface area contributed by atoms with Crippen molar-refractivity contribution in [3.8, 4) is 5.75 Å². The van der Waals surface area contributed by atoms with E-state index in [4.69, 9.17) is 37.1 Å². The van der Waals surface area contributed by atoms with Crippen LogP contribution in [0, 0.1) is 17.8 Å². The van der Waals surface area contributed by atoms with Crippen LogP contribution in [0.3, 0.4) is 0 Å². The summed E-state index contributed by atoms with van der Waals surface area (Å²) in [6.45, 7) is 18.1. The Kier molecular flexibility index (Phi) is 11.3. The summed E-state index contributed by atoms with van der Waals surface area (Å²) in [5.74, 6) is 0.747. The van der Waals surface area contributed by atoms with Gasteiger partial charge < -0.3 is 18.9 Å². The molecule has 0 bridgehead atoms. The summed E-state index contributed by atoms with van der Waals surface area (Å²) < 4.78 is 29.4. The summed E-state index contributed by atoms with van der Waals surface area (Å²) in [6.07, 6.45) is 3.82. The number of hydrogen-bond donors (Lipinski definition) is 0. The molecule has 0 N–H and O–H groups in total. The molecule has 0 saturated heterocycles. The number of nitrogens with zero attached hydrogens (tertiary/aromatic N) is 2. The van der Waals surface area contributed by atoms with Gasteiger partial charge in [0.2, 0.25) is 0 Å². The van der Waals surface area contributed by atoms with Crippen LogP contribution in [0.4, 0.5) is 4.79 Å². The Hall–Kier alpha value is -1.41. The second kappa shape index (κ2) is 13.1. The highest BCUT2D eigenvalue weighted by Crippen LogP contribution is 2.43. The van der Waals surface area contributed by atoms with Gasteiger partial charge in [-0.2, -0.15) is 0 Å². The highest BCUT2D eigenvalue weighted by molar-refractivity contribution is 7.91. The van der Waals surface area contributed by atoms with Gasteiger partial charge in [0.15, 0.2) is 0 Å². The third kappa shape index (κ3) is 8.54. The minimum Gasteiger partial charge on any atom is -0.591 e. The van der Waals surface area contributed by atoms with Gasteiger partial charge in [0.1, 0.15) is 39.8 Å². The maximum Gasteiger partial charge on any atom is 0.410 e. The lowest BCUT2D eigenvalue weighted by atomic mass is 9.82. The van der Waals surface area contributed by atoms with Crippen LogP contribution in [-0.4, -0.2) is 51.8 Å². The molecule has 1 aliphatic rings. The van der Waals surface area contributed by atoms with Crippen LogP contribution < -0.4 is 4.74 Å². The number of carbonyl (C=O) groups excluding carboxylic acids is 1. The Balaban J connectivity index is 2.60. The zero-order valence-corrected chi connectivity index (χ0v) is 25.7. The smallest absolute Gasteiger partial charge is 0.410 e. The van der Waals surface area contributed by atoms with Crippen molar-refractivity contribution in [1.29, 1.82) is 0 Å². The molecule has 0 spiro atoms. The first-order valence-corrected chi connectivity index (χ1v) is 14.6. The largest absolute Gasteiger partial charge is 0.591 e. The van der Waals surface area contributed by atoms with Gasteiger partial charge in [-0.05, 0) is 71.8 Å². The Labute approximate surface area is 236 Å². The minimum absolute atomic E-state index is 0.0784. The third-order valence-electron chi connectivity index (χ3n) is 6.80. The van der Waals surface area contributed by atoms with E-state index in [0.717, 1.165) is 12.8 Å². The van der Waals surface area contributed by atoms with E-state index in [9.17, 15) is 9.35 Å². The standard InChI is InChI=1S/C28H42Cl2N2O4S/c1-10-14-35-23-16-22(30)21(29)15-20(23)25(31-37(34)28(7,8)11-2)24-18(3)12-13-19(24)17-32(9)26(33)36-27(4,5)6/h10,15-16,18-19,24H,1,11-14,17H2,2-9H3. The topological polar surface area (TPSA) is 74.2 Å². The van der Waals surface area contributed by atoms with Crippen LogP contribution >= 0.6 is 23.2 Å². The van der Waals surface area contributed by atoms with Gasteiger partial charge in [-0.1, -0.05) is 54.1 Å². The number of benzene rings is 1. The van der Waals surface area contributed by atoms with Crippen LogP contribution in [0.1, 0.15) is 73.3 Å². The lowest BCUT2D eigenvalue weighted by Gasteiger charge is -2.31. The van der Waals surface area contributed by atoms with Crippen molar-refractivity contribution in [2.75, 3.05) is 20.2 Å². The summed E-state index contributed by atoms with van der Waals surface area (Å²) in [7, 11) is 1.75. The predicted octanol–water partition coefficient (Wildman–Crippen LogP) is 7.73. The monoisotopic (exact) mass is 572 g/mol. The van der Waals surface area contributed by atoms with Crippen molar-refractivity contribution >= 4 is 46.4 Å². The maximum absolute atomic E-state index is 13.5. The normalized spacial score (nSPS) is 21.5. The van der Waals surface area contributed by atoms with E-state index in [1.165, 1.54) is 0 Å². The highest BCUT2D eigenvalue weighted by Gasteiger charge is 2.42. The van der Waals surface area contributed by atoms with Gasteiger partial charge >= 0.3 is 6.09 Å². The number of amides is 1. The molecule has 0 heterocycles. The zero-order valence-electron chi connectivity index (χ0n) is 23.4. The lowest BCUT2D eigenvalue weighted by molar-refractivity contribution is 0.0267. The van der Waals surface area contributed by atoms with E-state index in [1.807, 2.05) is 41.5 Å². The Morgan fingerprint density at radius 2 is 1.86 bits per heavy atom. The molecule has 0 aliphatic heterocycles. The molecule has 4 unspecified atom stereocenters. The van der Waals surface area contributed by atoms with E-state index in [0.29, 0.717) is 40.0 Å². The van der Waals surface area contributed by atoms with Crippen molar-refractivity contribution in [1.82, 2.24) is 4.90 Å². The summed E-state index contributed by atoms with van der Waals surface area (Å²) in [4.78, 5) is 14.4. The van der Waals surface area contributed by atoms with Gasteiger partial charge in [0, 0.05) is 31.1 Å². The first kappa shape index (κ1) is 31.8. The van der Waals surface area contributed by atoms with Crippen molar-refractivity contribution in [3.05, 3.63) is 40.4 Å². The van der Waals surface area contributed by atoms with E-state index < -0.39 is 21.7 Å². The van der Waals surface area contributed by atoms with Gasteiger partial charge in [-0.15, -0.1) is 0 Å². The van der Waals surface area contributed by atoms with Gasteiger partial charge in [0.05, 0.1) is 10.0 Å². The van der Waals surface area contributed by atoms with Crippen LogP contribution in [-0.2, 0) is 16.1 Å². The van der Waals surface area contributed by atoms with E-state index in [1.54, 1.807) is 30.2 Å². The SMILES string of the molecule is C=CCOc1cc(Cl)c(Cl)cc1C(=N[S+]([O-])C(C)(C)CC)C1C(C)CCC1CN(C)C(=O)OC(C)(C)C. The summed E-state index contributed by atoms with van der Waals surface area (Å²) >= 11 is 11.3. The van der Waals surface area contributed by atoms with Crippen LogP contribution in [0.5, 0.6) is 5.75 Å². The summed E-state index contributed by atoms with van der Waals surface area (Å²) in [6, 6.07) is 3.42. The molecule has 4 atom stereocenters. The van der Waals surface area contributed by atoms with Crippen molar-refractivity contribution < 1.29 is 18.8 Å². The Morgan fingerprint density at radius 1 is 1.24 bits per heavy atom. The minimum atomic E-state index is -1.52. The fourth-order valence-electron chi connectivity index (χ4n) is 4.39. The molecule has 1 fully saturated rings. The first-order chi connectivity index (χ1) is 17.1. The number of rotatable bonds is 10. The molecule has 2 rings (SSSR count). The third-order valence-corrected chi connectivity index (χ3v) is 9.12. The molecule has 1 aliphatic carbocycles. The van der Waals surface area contributed by atoms with Crippen LogP contribution in [0.25, 0.3) is 0 Å². The second-order valence-corrected chi connectivity index (χ2v) is 14.0. The number of halogens is 2. The molecule has 37 heavy (non-hydrogen) atoms. The average Bonchev–Trinajstić information content (AvgIpc) is 3.16. The van der Waals surface area contributed by atoms with Crippen molar-refractivity contribution in [2.24, 2.45) is 22.2 Å². The molecule has 1 aromatic carbocycles. The molecular weight excluding hydrogens is 531 g/mol. The molecule has 1 aromatic rings.